The Morgan fingerprint density at radius 2 is 2.03 bits per heavy atom. The first-order valence-corrected chi connectivity index (χ1v) is 10.3. The molecule has 1 N–H and O–H groups in total. The van der Waals surface area contributed by atoms with E-state index in [1.807, 2.05) is 0 Å². The maximum Gasteiger partial charge on any atom is 0.398 e. The second-order valence-corrected chi connectivity index (χ2v) is 8.43. The number of halogens is 3. The molecule has 4 nitrogen and oxygen atoms in total. The Bertz CT molecular complexity index is 714. The molecule has 1 unspecified atom stereocenters. The van der Waals surface area contributed by atoms with E-state index < -0.39 is 17.6 Å². The zero-order chi connectivity index (χ0) is 21.1. The van der Waals surface area contributed by atoms with Crippen molar-refractivity contribution < 1.29 is 32.5 Å². The van der Waals surface area contributed by atoms with Crippen molar-refractivity contribution in [3.63, 3.8) is 0 Å². The van der Waals surface area contributed by atoms with Crippen LogP contribution in [0.1, 0.15) is 58.3 Å². The van der Waals surface area contributed by atoms with Gasteiger partial charge >= 0.3 is 12.1 Å². The molecule has 2 aliphatic carbocycles. The SMILES string of the molecule is CC1(C(F)(F)F)CC(OCC2=C(C3CCCC3)COCC2)=CC=C1CCC(=O)O. The number of ether oxygens (including phenoxy) is 2. The fraction of sp³-hybridized carbons (Fsp3) is 0.682. The van der Waals surface area contributed by atoms with Crippen LogP contribution in [-0.2, 0) is 14.3 Å². The zero-order valence-corrected chi connectivity index (χ0v) is 16.8. The van der Waals surface area contributed by atoms with E-state index in [4.69, 9.17) is 14.6 Å². The number of carboxylic acids is 1. The van der Waals surface area contributed by atoms with E-state index in [1.54, 1.807) is 6.08 Å². The van der Waals surface area contributed by atoms with Crippen molar-refractivity contribution in [1.82, 2.24) is 0 Å². The number of allylic oxidation sites excluding steroid dienone is 4. The van der Waals surface area contributed by atoms with Crippen LogP contribution >= 0.6 is 0 Å². The molecule has 0 bridgehead atoms. The van der Waals surface area contributed by atoms with E-state index in [-0.39, 0.29) is 24.8 Å². The van der Waals surface area contributed by atoms with Gasteiger partial charge in [-0.2, -0.15) is 13.2 Å². The maximum atomic E-state index is 13.8. The van der Waals surface area contributed by atoms with E-state index in [1.165, 1.54) is 30.1 Å². The highest BCUT2D eigenvalue weighted by molar-refractivity contribution is 5.67. The summed E-state index contributed by atoms with van der Waals surface area (Å²) in [6.07, 6.45) is 3.21. The van der Waals surface area contributed by atoms with E-state index in [0.717, 1.165) is 26.2 Å². The van der Waals surface area contributed by atoms with Crippen molar-refractivity contribution in [2.24, 2.45) is 11.3 Å². The molecular formula is C22H29F3O4. The summed E-state index contributed by atoms with van der Waals surface area (Å²) in [6.45, 7) is 2.65. The quantitative estimate of drug-likeness (QED) is 0.555. The van der Waals surface area contributed by atoms with Crippen LogP contribution in [0.25, 0.3) is 0 Å². The number of aliphatic carboxylic acids is 1. The third-order valence-corrected chi connectivity index (χ3v) is 6.48. The van der Waals surface area contributed by atoms with Crippen LogP contribution in [0.4, 0.5) is 13.2 Å². The molecule has 3 rings (SSSR count). The number of rotatable bonds is 7. The molecule has 0 aromatic rings. The first-order chi connectivity index (χ1) is 13.7. The fourth-order valence-electron chi connectivity index (χ4n) is 4.55. The lowest BCUT2D eigenvalue weighted by Crippen LogP contribution is -2.39. The minimum atomic E-state index is -4.48. The Kier molecular flexibility index (Phi) is 6.76. The van der Waals surface area contributed by atoms with Gasteiger partial charge in [-0.05, 0) is 55.7 Å². The second kappa shape index (κ2) is 8.94. The zero-order valence-electron chi connectivity index (χ0n) is 16.8. The molecule has 1 heterocycles. The van der Waals surface area contributed by atoms with Crippen molar-refractivity contribution in [1.29, 1.82) is 0 Å². The molecule has 7 heteroatoms. The van der Waals surface area contributed by atoms with Crippen LogP contribution in [0.15, 0.2) is 34.6 Å². The number of hydrogen-bond acceptors (Lipinski definition) is 3. The minimum absolute atomic E-state index is 0.0941. The topological polar surface area (TPSA) is 55.8 Å². The van der Waals surface area contributed by atoms with Gasteiger partial charge in [-0.3, -0.25) is 4.79 Å². The first kappa shape index (κ1) is 21.9. The molecule has 0 aromatic carbocycles. The Hall–Kier alpha value is -1.76. The van der Waals surface area contributed by atoms with Gasteiger partial charge < -0.3 is 14.6 Å². The lowest BCUT2D eigenvalue weighted by molar-refractivity contribution is -0.207. The Balaban J connectivity index is 1.74. The Labute approximate surface area is 169 Å². The molecule has 1 saturated carbocycles. The molecule has 1 aliphatic heterocycles. The third kappa shape index (κ3) is 5.05. The molecule has 0 spiro atoms. The van der Waals surface area contributed by atoms with Crippen molar-refractivity contribution in [3.05, 3.63) is 34.6 Å². The van der Waals surface area contributed by atoms with Crippen LogP contribution in [-0.4, -0.2) is 37.1 Å². The van der Waals surface area contributed by atoms with Crippen molar-refractivity contribution >= 4 is 5.97 Å². The van der Waals surface area contributed by atoms with Gasteiger partial charge in [-0.15, -0.1) is 0 Å². The van der Waals surface area contributed by atoms with Gasteiger partial charge in [0.25, 0.3) is 0 Å². The second-order valence-electron chi connectivity index (χ2n) is 8.43. The molecule has 29 heavy (non-hydrogen) atoms. The van der Waals surface area contributed by atoms with Gasteiger partial charge in [-0.1, -0.05) is 24.5 Å². The standard InChI is InChI=1S/C22H29F3O4/c1-21(22(23,24)25)12-18(8-6-17(21)7-9-20(26)27)29-13-16-10-11-28-14-19(16)15-4-2-3-5-15/h6,8,15H,2-5,7,9-14H2,1H3,(H,26,27). The first-order valence-electron chi connectivity index (χ1n) is 10.3. The van der Waals surface area contributed by atoms with Gasteiger partial charge in [0, 0.05) is 12.8 Å². The normalized spacial score (nSPS) is 26.3. The smallest absolute Gasteiger partial charge is 0.398 e. The van der Waals surface area contributed by atoms with E-state index >= 15 is 0 Å². The van der Waals surface area contributed by atoms with Crippen LogP contribution in [0.5, 0.6) is 0 Å². The van der Waals surface area contributed by atoms with E-state index in [0.29, 0.717) is 31.5 Å². The average molecular weight is 414 g/mol. The molecule has 0 aromatic heterocycles. The molecular weight excluding hydrogens is 385 g/mol. The lowest BCUT2D eigenvalue weighted by atomic mass is 9.73. The largest absolute Gasteiger partial charge is 0.494 e. The van der Waals surface area contributed by atoms with Crippen molar-refractivity contribution in [2.45, 2.75) is 64.5 Å². The van der Waals surface area contributed by atoms with E-state index in [9.17, 15) is 18.0 Å². The summed E-state index contributed by atoms with van der Waals surface area (Å²) in [7, 11) is 0. The Morgan fingerprint density at radius 1 is 1.31 bits per heavy atom. The minimum Gasteiger partial charge on any atom is -0.494 e. The third-order valence-electron chi connectivity index (χ3n) is 6.48. The van der Waals surface area contributed by atoms with Crippen LogP contribution in [0.3, 0.4) is 0 Å². The summed E-state index contributed by atoms with van der Waals surface area (Å²) in [5.41, 5.74) is 0.432. The van der Waals surface area contributed by atoms with Crippen LogP contribution in [0.2, 0.25) is 0 Å². The predicted molar refractivity (Wildman–Crippen MR) is 102 cm³/mol. The van der Waals surface area contributed by atoms with Crippen molar-refractivity contribution in [2.75, 3.05) is 19.8 Å². The molecule has 162 valence electrons. The summed E-state index contributed by atoms with van der Waals surface area (Å²) >= 11 is 0. The van der Waals surface area contributed by atoms with Gasteiger partial charge in [-0.25, -0.2) is 0 Å². The molecule has 0 saturated heterocycles. The summed E-state index contributed by atoms with van der Waals surface area (Å²) in [5.74, 6) is -0.293. The van der Waals surface area contributed by atoms with Gasteiger partial charge in [0.1, 0.15) is 6.61 Å². The highest BCUT2D eigenvalue weighted by Gasteiger charge is 2.54. The fourth-order valence-corrected chi connectivity index (χ4v) is 4.55. The molecule has 1 atom stereocenters. The average Bonchev–Trinajstić information content (AvgIpc) is 3.19. The maximum absolute atomic E-state index is 13.8. The number of alkyl halides is 3. The highest BCUT2D eigenvalue weighted by Crippen LogP contribution is 2.51. The number of carboxylic acid groups (broad SMARTS) is 1. The molecule has 3 aliphatic rings. The predicted octanol–water partition coefficient (Wildman–Crippen LogP) is 5.56. The number of hydrogen-bond donors (Lipinski definition) is 1. The summed E-state index contributed by atoms with van der Waals surface area (Å²) in [4.78, 5) is 10.8. The highest BCUT2D eigenvalue weighted by atomic mass is 19.4. The van der Waals surface area contributed by atoms with Crippen LogP contribution < -0.4 is 0 Å². The lowest BCUT2D eigenvalue weighted by Gasteiger charge is -2.37. The van der Waals surface area contributed by atoms with Crippen molar-refractivity contribution in [3.8, 4) is 0 Å². The summed E-state index contributed by atoms with van der Waals surface area (Å²) < 4.78 is 53.0. The van der Waals surface area contributed by atoms with Crippen LogP contribution in [0, 0.1) is 11.3 Å². The monoisotopic (exact) mass is 414 g/mol. The Morgan fingerprint density at radius 3 is 2.69 bits per heavy atom. The molecule has 1 fully saturated rings. The van der Waals surface area contributed by atoms with Gasteiger partial charge in [0.2, 0.25) is 0 Å². The summed E-state index contributed by atoms with van der Waals surface area (Å²) in [5, 5.41) is 8.85. The molecule has 0 amide bonds. The number of carbonyl (C=O) groups is 1. The summed E-state index contributed by atoms with van der Waals surface area (Å²) in [6, 6.07) is 0. The van der Waals surface area contributed by atoms with Gasteiger partial charge in [0.05, 0.1) is 24.4 Å². The molecule has 0 radical (unpaired) electrons. The van der Waals surface area contributed by atoms with E-state index in [2.05, 4.69) is 0 Å². The van der Waals surface area contributed by atoms with Gasteiger partial charge in [0.15, 0.2) is 0 Å².